The Balaban J connectivity index is 1.70. The van der Waals surface area contributed by atoms with Crippen LogP contribution in [0.4, 0.5) is 17.3 Å². The molecule has 0 N–H and O–H groups in total. The lowest BCUT2D eigenvalue weighted by Gasteiger charge is -2.22. The fourth-order valence-electron chi connectivity index (χ4n) is 2.84. The van der Waals surface area contributed by atoms with Crippen LogP contribution in [0.3, 0.4) is 0 Å². The van der Waals surface area contributed by atoms with E-state index in [-0.39, 0.29) is 0 Å². The van der Waals surface area contributed by atoms with Gasteiger partial charge in [-0.25, -0.2) is 14.1 Å². The maximum Gasteiger partial charge on any atom is 0.249 e. The van der Waals surface area contributed by atoms with E-state index in [1.165, 1.54) is 5.69 Å². The van der Waals surface area contributed by atoms with E-state index in [1.807, 2.05) is 30.9 Å². The molecule has 3 rings (SSSR count). The van der Waals surface area contributed by atoms with Gasteiger partial charge in [0, 0.05) is 31.7 Å². The van der Waals surface area contributed by atoms with Gasteiger partial charge in [-0.05, 0) is 37.6 Å². The number of likely N-dealkylation sites (N-methyl/N-ethyl adjacent to an activating group) is 1. The minimum absolute atomic E-state index is 0.601. The molecular formula is C19H26N7+. The minimum Gasteiger partial charge on any atom is -0.368 e. The smallest absolute Gasteiger partial charge is 0.249 e. The summed E-state index contributed by atoms with van der Waals surface area (Å²) in [5, 5.41) is 8.58. The van der Waals surface area contributed by atoms with Crippen LogP contribution in [0.5, 0.6) is 0 Å². The van der Waals surface area contributed by atoms with E-state index in [1.54, 1.807) is 6.20 Å². The lowest BCUT2D eigenvalue weighted by Crippen LogP contribution is -2.28. The van der Waals surface area contributed by atoms with E-state index >= 15 is 0 Å². The predicted octanol–water partition coefficient (Wildman–Crippen LogP) is 3.30. The highest BCUT2D eigenvalue weighted by atomic mass is 15.2. The highest BCUT2D eigenvalue weighted by molar-refractivity contribution is 5.57. The minimum atomic E-state index is 0.601. The summed E-state index contributed by atoms with van der Waals surface area (Å²) in [7, 11) is 3.94. The van der Waals surface area contributed by atoms with Crippen LogP contribution in [0.25, 0.3) is 0 Å². The molecule has 136 valence electrons. The van der Waals surface area contributed by atoms with Crippen molar-refractivity contribution in [3.8, 4) is 0 Å². The highest BCUT2D eigenvalue weighted by Gasteiger charge is 2.09. The quantitative estimate of drug-likeness (QED) is 0.484. The van der Waals surface area contributed by atoms with Gasteiger partial charge in [0.25, 0.3) is 0 Å². The standard InChI is InChI=1S/C19H26N7/c1-5-26(13-12-25-11-10-23(3)15-25)17-6-7-18(16(2)14-17)21-22-19-20-8-9-24(19)4/h6-11,14-15H,5,12-13H2,1-4H3/q+1. The molecular weight excluding hydrogens is 326 g/mol. The Morgan fingerprint density at radius 3 is 2.69 bits per heavy atom. The number of anilines is 1. The van der Waals surface area contributed by atoms with Crippen LogP contribution in [0.1, 0.15) is 12.5 Å². The summed E-state index contributed by atoms with van der Waals surface area (Å²) in [5.41, 5.74) is 3.17. The molecule has 0 radical (unpaired) electrons. The van der Waals surface area contributed by atoms with Crippen molar-refractivity contribution >= 4 is 17.3 Å². The van der Waals surface area contributed by atoms with E-state index in [0.29, 0.717) is 5.95 Å². The topological polar surface area (TPSA) is 54.6 Å². The molecule has 2 heterocycles. The van der Waals surface area contributed by atoms with Crippen LogP contribution in [0.2, 0.25) is 0 Å². The van der Waals surface area contributed by atoms with E-state index in [4.69, 9.17) is 0 Å². The Morgan fingerprint density at radius 2 is 2.08 bits per heavy atom. The SMILES string of the molecule is CCN(CCn1cc[n+](C)c1)c1ccc(N=Nc2nccn2C)c(C)c1. The second-order valence-corrected chi connectivity index (χ2v) is 6.41. The predicted molar refractivity (Wildman–Crippen MR) is 102 cm³/mol. The van der Waals surface area contributed by atoms with Gasteiger partial charge in [-0.15, -0.1) is 10.2 Å². The van der Waals surface area contributed by atoms with Crippen molar-refractivity contribution < 1.29 is 4.57 Å². The van der Waals surface area contributed by atoms with Crippen molar-refractivity contribution in [3.05, 3.63) is 54.9 Å². The number of aromatic nitrogens is 4. The molecule has 0 fully saturated rings. The van der Waals surface area contributed by atoms with Gasteiger partial charge >= 0.3 is 0 Å². The zero-order chi connectivity index (χ0) is 18.5. The van der Waals surface area contributed by atoms with Crippen LogP contribution < -0.4 is 9.47 Å². The van der Waals surface area contributed by atoms with Crippen LogP contribution in [-0.2, 0) is 20.6 Å². The number of imidazole rings is 2. The molecule has 1 aromatic carbocycles. The number of benzene rings is 1. The van der Waals surface area contributed by atoms with E-state index in [0.717, 1.165) is 30.9 Å². The lowest BCUT2D eigenvalue weighted by molar-refractivity contribution is -0.671. The zero-order valence-electron chi connectivity index (χ0n) is 15.9. The van der Waals surface area contributed by atoms with Gasteiger partial charge in [-0.3, -0.25) is 0 Å². The molecule has 0 aliphatic carbocycles. The molecule has 0 aliphatic rings. The monoisotopic (exact) mass is 352 g/mol. The van der Waals surface area contributed by atoms with E-state index < -0.39 is 0 Å². The molecule has 0 unspecified atom stereocenters. The Labute approximate surface area is 154 Å². The van der Waals surface area contributed by atoms with Crippen molar-refractivity contribution in [2.45, 2.75) is 20.4 Å². The summed E-state index contributed by atoms with van der Waals surface area (Å²) in [6, 6.07) is 6.31. The molecule has 3 aromatic rings. The first kappa shape index (κ1) is 17.8. The average molecular weight is 352 g/mol. The second kappa shape index (κ2) is 7.95. The van der Waals surface area contributed by atoms with Gasteiger partial charge in [0.15, 0.2) is 0 Å². The van der Waals surface area contributed by atoms with Crippen LogP contribution in [-0.4, -0.2) is 27.2 Å². The van der Waals surface area contributed by atoms with E-state index in [9.17, 15) is 0 Å². The molecule has 0 spiro atoms. The van der Waals surface area contributed by atoms with Gasteiger partial charge < -0.3 is 9.47 Å². The fraction of sp³-hybridized carbons (Fsp3) is 0.368. The Kier molecular flexibility index (Phi) is 5.46. The normalized spacial score (nSPS) is 11.4. The number of azo groups is 1. The summed E-state index contributed by atoms with van der Waals surface area (Å²) < 4.78 is 6.10. The molecule has 7 nitrogen and oxygen atoms in total. The third-order valence-electron chi connectivity index (χ3n) is 4.42. The first-order chi connectivity index (χ1) is 12.6. The van der Waals surface area contributed by atoms with Gasteiger partial charge in [0.2, 0.25) is 12.3 Å². The number of hydrogen-bond acceptors (Lipinski definition) is 4. The molecule has 0 bridgehead atoms. The van der Waals surface area contributed by atoms with Crippen LogP contribution in [0.15, 0.2) is 59.5 Å². The van der Waals surface area contributed by atoms with Crippen molar-refractivity contribution in [2.24, 2.45) is 24.3 Å². The Hall–Kier alpha value is -2.96. The number of rotatable bonds is 7. The molecule has 0 saturated heterocycles. The third-order valence-corrected chi connectivity index (χ3v) is 4.42. The fourth-order valence-corrected chi connectivity index (χ4v) is 2.84. The molecule has 0 amide bonds. The highest BCUT2D eigenvalue weighted by Crippen LogP contribution is 2.26. The van der Waals surface area contributed by atoms with E-state index in [2.05, 4.69) is 73.9 Å². The Morgan fingerprint density at radius 1 is 1.23 bits per heavy atom. The average Bonchev–Trinajstić information content (AvgIpc) is 3.23. The van der Waals surface area contributed by atoms with Crippen molar-refractivity contribution in [1.29, 1.82) is 0 Å². The summed E-state index contributed by atoms with van der Waals surface area (Å²) in [5.74, 6) is 0.601. The maximum atomic E-state index is 4.35. The number of hydrogen-bond donors (Lipinski definition) is 0. The van der Waals surface area contributed by atoms with Crippen molar-refractivity contribution in [2.75, 3.05) is 18.0 Å². The summed E-state index contributed by atoms with van der Waals surface area (Å²) in [4.78, 5) is 6.53. The molecule has 0 saturated carbocycles. The largest absolute Gasteiger partial charge is 0.368 e. The first-order valence-electron chi connectivity index (χ1n) is 8.82. The number of aryl methyl sites for hydroxylation is 3. The zero-order valence-corrected chi connectivity index (χ0v) is 15.9. The van der Waals surface area contributed by atoms with Crippen molar-refractivity contribution in [1.82, 2.24) is 14.1 Å². The van der Waals surface area contributed by atoms with Gasteiger partial charge in [0.1, 0.15) is 18.9 Å². The number of nitrogens with zero attached hydrogens (tertiary/aromatic N) is 7. The molecule has 0 atom stereocenters. The summed E-state index contributed by atoms with van der Waals surface area (Å²) >= 11 is 0. The van der Waals surface area contributed by atoms with Gasteiger partial charge in [-0.1, -0.05) is 0 Å². The third kappa shape index (κ3) is 4.17. The Bertz CT molecular complexity index is 891. The van der Waals surface area contributed by atoms with Crippen LogP contribution >= 0.6 is 0 Å². The first-order valence-corrected chi connectivity index (χ1v) is 8.82. The molecule has 26 heavy (non-hydrogen) atoms. The van der Waals surface area contributed by atoms with Gasteiger partial charge in [-0.2, -0.15) is 0 Å². The molecule has 7 heteroatoms. The summed E-state index contributed by atoms with van der Waals surface area (Å²) in [6.07, 6.45) is 9.82. The van der Waals surface area contributed by atoms with Gasteiger partial charge in [0.05, 0.1) is 19.3 Å². The molecule has 2 aromatic heterocycles. The second-order valence-electron chi connectivity index (χ2n) is 6.41. The van der Waals surface area contributed by atoms with Crippen LogP contribution in [0, 0.1) is 6.92 Å². The maximum absolute atomic E-state index is 4.35. The summed E-state index contributed by atoms with van der Waals surface area (Å²) in [6.45, 7) is 7.11. The van der Waals surface area contributed by atoms with Crippen molar-refractivity contribution in [3.63, 3.8) is 0 Å². The molecule has 0 aliphatic heterocycles. The lowest BCUT2D eigenvalue weighted by atomic mass is 10.1.